The number of carbonyl (C=O) groups excluding carboxylic acids is 1. The molecule has 1 amide bonds. The number of aryl methyl sites for hydroxylation is 2. The molecule has 6 heteroatoms. The number of carbonyl (C=O) groups is 1. The van der Waals surface area contributed by atoms with E-state index in [0.29, 0.717) is 12.0 Å². The molecule has 1 rings (SSSR count). The Kier molecular flexibility index (Phi) is 4.83. The van der Waals surface area contributed by atoms with Gasteiger partial charge in [-0.2, -0.15) is 5.10 Å². The van der Waals surface area contributed by atoms with Crippen LogP contribution < -0.4 is 5.32 Å². The average Bonchev–Trinajstić information content (AvgIpc) is 2.70. The maximum absolute atomic E-state index is 12.1. The minimum absolute atomic E-state index is 0.182. The van der Waals surface area contributed by atoms with Gasteiger partial charge in [0.25, 0.3) is 5.91 Å². The van der Waals surface area contributed by atoms with E-state index in [1.54, 1.807) is 17.9 Å². The summed E-state index contributed by atoms with van der Waals surface area (Å²) in [5.74, 6) is 0.354. The molecule has 1 heterocycles. The molecule has 0 radical (unpaired) electrons. The first kappa shape index (κ1) is 14.3. The van der Waals surface area contributed by atoms with Gasteiger partial charge in [-0.25, -0.2) is 0 Å². The summed E-state index contributed by atoms with van der Waals surface area (Å²) in [6.07, 6.45) is 2.42. The summed E-state index contributed by atoms with van der Waals surface area (Å²) in [4.78, 5) is 12.1. The number of amides is 1. The van der Waals surface area contributed by atoms with Crippen molar-refractivity contribution in [3.8, 4) is 0 Å². The molecule has 0 unspecified atom stereocenters. The third-order valence-corrected chi connectivity index (χ3v) is 3.67. The smallest absolute Gasteiger partial charge is 0.255 e. The summed E-state index contributed by atoms with van der Waals surface area (Å²) >= 11 is 11.6. The number of nitrogens with zero attached hydrogens (tertiary/aromatic N) is 2. The summed E-state index contributed by atoms with van der Waals surface area (Å²) in [5.41, 5.74) is 0.758. The van der Waals surface area contributed by atoms with Gasteiger partial charge in [-0.15, -0.1) is 23.2 Å². The second kappa shape index (κ2) is 5.74. The zero-order valence-corrected chi connectivity index (χ0v) is 11.8. The molecule has 0 saturated carbocycles. The predicted molar refractivity (Wildman–Crippen MR) is 69.9 cm³/mol. The van der Waals surface area contributed by atoms with Crippen LogP contribution >= 0.6 is 23.2 Å². The highest BCUT2D eigenvalue weighted by atomic mass is 35.5. The number of rotatable bonds is 5. The number of aromatic nitrogens is 2. The van der Waals surface area contributed by atoms with Crippen LogP contribution in [0.15, 0.2) is 6.20 Å². The lowest BCUT2D eigenvalue weighted by Gasteiger charge is -2.25. The Labute approximate surface area is 111 Å². The van der Waals surface area contributed by atoms with E-state index in [4.69, 9.17) is 23.2 Å². The Morgan fingerprint density at radius 1 is 1.53 bits per heavy atom. The summed E-state index contributed by atoms with van der Waals surface area (Å²) in [6.45, 7) is 3.77. The third-order valence-electron chi connectivity index (χ3n) is 2.49. The first-order chi connectivity index (χ1) is 7.95. The minimum atomic E-state index is -0.596. The van der Waals surface area contributed by atoms with Gasteiger partial charge < -0.3 is 5.32 Å². The van der Waals surface area contributed by atoms with E-state index in [0.717, 1.165) is 5.69 Å². The zero-order valence-electron chi connectivity index (χ0n) is 10.3. The molecule has 96 valence electrons. The van der Waals surface area contributed by atoms with E-state index in [1.165, 1.54) is 0 Å². The number of nitrogens with one attached hydrogen (secondary N) is 1. The van der Waals surface area contributed by atoms with Crippen LogP contribution in [0.5, 0.6) is 0 Å². The van der Waals surface area contributed by atoms with Crippen LogP contribution in [0.1, 0.15) is 29.9 Å². The van der Waals surface area contributed by atoms with Crippen LogP contribution in [-0.2, 0) is 13.5 Å². The largest absolute Gasteiger partial charge is 0.344 e. The van der Waals surface area contributed by atoms with Gasteiger partial charge in [0.1, 0.15) is 0 Å². The molecule has 0 bridgehead atoms. The molecule has 0 spiro atoms. The quantitative estimate of drug-likeness (QED) is 0.837. The number of hydrogen-bond acceptors (Lipinski definition) is 2. The number of hydrogen-bond donors (Lipinski definition) is 1. The lowest BCUT2D eigenvalue weighted by molar-refractivity contribution is 0.0920. The van der Waals surface area contributed by atoms with Crippen molar-refractivity contribution in [1.82, 2.24) is 15.1 Å². The van der Waals surface area contributed by atoms with Gasteiger partial charge in [0, 0.05) is 25.0 Å². The van der Waals surface area contributed by atoms with Crippen molar-refractivity contribution in [1.29, 1.82) is 0 Å². The number of halogens is 2. The molecular weight excluding hydrogens is 261 g/mol. The summed E-state index contributed by atoms with van der Waals surface area (Å²) in [5, 5.41) is 7.06. The normalized spacial score (nSPS) is 11.6. The summed E-state index contributed by atoms with van der Waals surface area (Å²) in [7, 11) is 1.79. The van der Waals surface area contributed by atoms with Crippen molar-refractivity contribution in [2.45, 2.75) is 25.8 Å². The first-order valence-electron chi connectivity index (χ1n) is 5.42. The lowest BCUT2D eigenvalue weighted by atomic mass is 10.1. The standard InChI is InChI=1S/C11H17Cl2N3O/c1-4-9-8(5-16(3)15-9)10(17)14-11(2,6-12)7-13/h5H,4,6-7H2,1-3H3,(H,14,17). The van der Waals surface area contributed by atoms with Gasteiger partial charge in [0.15, 0.2) is 0 Å². The predicted octanol–water partition coefficient (Wildman–Crippen LogP) is 1.95. The SMILES string of the molecule is CCc1nn(C)cc1C(=O)NC(C)(CCl)CCl. The van der Waals surface area contributed by atoms with E-state index in [1.807, 2.05) is 13.8 Å². The summed E-state index contributed by atoms with van der Waals surface area (Å²) < 4.78 is 1.63. The Morgan fingerprint density at radius 3 is 2.59 bits per heavy atom. The molecule has 0 fully saturated rings. The monoisotopic (exact) mass is 277 g/mol. The second-order valence-electron chi connectivity index (χ2n) is 4.30. The molecule has 1 aromatic heterocycles. The van der Waals surface area contributed by atoms with Crippen molar-refractivity contribution in [2.24, 2.45) is 7.05 Å². The van der Waals surface area contributed by atoms with Crippen molar-refractivity contribution in [3.63, 3.8) is 0 Å². The van der Waals surface area contributed by atoms with Gasteiger partial charge >= 0.3 is 0 Å². The van der Waals surface area contributed by atoms with Crippen LogP contribution in [0.3, 0.4) is 0 Å². The Hall–Kier alpha value is -0.740. The molecule has 0 saturated heterocycles. The topological polar surface area (TPSA) is 46.9 Å². The molecule has 0 aliphatic rings. The Balaban J connectivity index is 2.89. The van der Waals surface area contributed by atoms with Crippen molar-refractivity contribution in [3.05, 3.63) is 17.5 Å². The van der Waals surface area contributed by atoms with E-state index in [9.17, 15) is 4.79 Å². The van der Waals surface area contributed by atoms with Crippen LogP contribution in [0.2, 0.25) is 0 Å². The Bertz CT molecular complexity index is 399. The maximum atomic E-state index is 12.1. The molecule has 1 aromatic rings. The van der Waals surface area contributed by atoms with E-state index >= 15 is 0 Å². The van der Waals surface area contributed by atoms with Gasteiger partial charge in [0.05, 0.1) is 16.8 Å². The first-order valence-corrected chi connectivity index (χ1v) is 6.49. The van der Waals surface area contributed by atoms with E-state index in [-0.39, 0.29) is 17.7 Å². The molecule has 0 aliphatic heterocycles. The van der Waals surface area contributed by atoms with Gasteiger partial charge in [-0.1, -0.05) is 6.92 Å². The van der Waals surface area contributed by atoms with Crippen molar-refractivity contribution < 1.29 is 4.79 Å². The summed E-state index contributed by atoms with van der Waals surface area (Å²) in [6, 6.07) is 0. The highest BCUT2D eigenvalue weighted by molar-refractivity contribution is 6.22. The highest BCUT2D eigenvalue weighted by Gasteiger charge is 2.26. The molecule has 0 atom stereocenters. The number of alkyl halides is 2. The van der Waals surface area contributed by atoms with E-state index in [2.05, 4.69) is 10.4 Å². The molecule has 4 nitrogen and oxygen atoms in total. The van der Waals surface area contributed by atoms with Gasteiger partial charge in [0.2, 0.25) is 0 Å². The fourth-order valence-corrected chi connectivity index (χ4v) is 1.85. The van der Waals surface area contributed by atoms with E-state index < -0.39 is 5.54 Å². The van der Waals surface area contributed by atoms with Gasteiger partial charge in [-0.05, 0) is 13.3 Å². The van der Waals surface area contributed by atoms with Crippen molar-refractivity contribution in [2.75, 3.05) is 11.8 Å². The molecular formula is C11H17Cl2N3O. The lowest BCUT2D eigenvalue weighted by Crippen LogP contribution is -2.49. The fraction of sp³-hybridized carbons (Fsp3) is 0.636. The maximum Gasteiger partial charge on any atom is 0.255 e. The Morgan fingerprint density at radius 2 is 2.12 bits per heavy atom. The molecule has 1 N–H and O–H groups in total. The minimum Gasteiger partial charge on any atom is -0.344 e. The average molecular weight is 278 g/mol. The fourth-order valence-electron chi connectivity index (χ4n) is 1.43. The molecule has 17 heavy (non-hydrogen) atoms. The molecule has 0 aromatic carbocycles. The van der Waals surface area contributed by atoms with Crippen LogP contribution in [0.25, 0.3) is 0 Å². The van der Waals surface area contributed by atoms with Gasteiger partial charge in [-0.3, -0.25) is 9.48 Å². The van der Waals surface area contributed by atoms with Crippen molar-refractivity contribution >= 4 is 29.1 Å². The second-order valence-corrected chi connectivity index (χ2v) is 4.83. The third kappa shape index (κ3) is 3.36. The highest BCUT2D eigenvalue weighted by Crippen LogP contribution is 2.13. The van der Waals surface area contributed by atoms with Crippen LogP contribution in [0, 0.1) is 0 Å². The van der Waals surface area contributed by atoms with Crippen LogP contribution in [0.4, 0.5) is 0 Å². The van der Waals surface area contributed by atoms with Crippen LogP contribution in [-0.4, -0.2) is 33.0 Å². The molecule has 0 aliphatic carbocycles. The zero-order chi connectivity index (χ0) is 13.1.